The predicted octanol–water partition coefficient (Wildman–Crippen LogP) is 3.61. The second kappa shape index (κ2) is 7.79. The number of hydrogen-bond donors (Lipinski definition) is 1. The van der Waals surface area contributed by atoms with Gasteiger partial charge >= 0.3 is 6.18 Å². The minimum atomic E-state index is -4.56. The van der Waals surface area contributed by atoms with Gasteiger partial charge in [0.15, 0.2) is 0 Å². The van der Waals surface area contributed by atoms with Gasteiger partial charge in [-0.05, 0) is 41.8 Å². The minimum absolute atomic E-state index is 0.0704. The van der Waals surface area contributed by atoms with Crippen molar-refractivity contribution in [1.29, 1.82) is 0 Å². The Balaban J connectivity index is 1.72. The number of carbonyl (C=O) groups is 1. The summed E-state index contributed by atoms with van der Waals surface area (Å²) in [6.07, 6.45) is 0.514. The highest BCUT2D eigenvalue weighted by Gasteiger charge is 2.32. The smallest absolute Gasteiger partial charge is 0.352 e. The van der Waals surface area contributed by atoms with Crippen LogP contribution in [0.4, 0.5) is 17.6 Å². The Morgan fingerprint density at radius 3 is 2.54 bits per heavy atom. The summed E-state index contributed by atoms with van der Waals surface area (Å²) in [6.45, 7) is 0.332. The van der Waals surface area contributed by atoms with E-state index in [2.05, 4.69) is 15.4 Å². The van der Waals surface area contributed by atoms with Gasteiger partial charge in [0.1, 0.15) is 11.5 Å². The van der Waals surface area contributed by atoms with Crippen LogP contribution < -0.4 is 5.32 Å². The lowest BCUT2D eigenvalue weighted by molar-refractivity contribution is -0.141. The van der Waals surface area contributed by atoms with Crippen LogP contribution in [0.3, 0.4) is 0 Å². The van der Waals surface area contributed by atoms with E-state index < -0.39 is 23.6 Å². The normalized spacial score (nSPS) is 11.5. The zero-order chi connectivity index (χ0) is 20.3. The number of carbonyl (C=O) groups excluding carboxylic acids is 1. The van der Waals surface area contributed by atoms with E-state index in [0.717, 1.165) is 30.0 Å². The van der Waals surface area contributed by atoms with E-state index in [9.17, 15) is 22.4 Å². The molecule has 0 saturated heterocycles. The molecule has 9 heteroatoms. The van der Waals surface area contributed by atoms with E-state index in [1.807, 2.05) is 6.20 Å². The third kappa shape index (κ3) is 4.73. The van der Waals surface area contributed by atoms with Gasteiger partial charge in [-0.2, -0.15) is 18.3 Å². The Bertz CT molecular complexity index is 980. The molecule has 3 rings (SSSR count). The van der Waals surface area contributed by atoms with Crippen LogP contribution >= 0.6 is 0 Å². The summed E-state index contributed by atoms with van der Waals surface area (Å²) in [5, 5.41) is 6.71. The van der Waals surface area contributed by atoms with Crippen LogP contribution in [0.5, 0.6) is 0 Å². The van der Waals surface area contributed by atoms with Crippen molar-refractivity contribution in [2.45, 2.75) is 12.6 Å². The minimum Gasteiger partial charge on any atom is -0.352 e. The first-order valence-corrected chi connectivity index (χ1v) is 8.32. The lowest BCUT2D eigenvalue weighted by Gasteiger charge is -2.09. The van der Waals surface area contributed by atoms with Gasteiger partial charge in [0.05, 0.1) is 6.20 Å². The first-order valence-electron chi connectivity index (χ1n) is 8.32. The fourth-order valence-corrected chi connectivity index (χ4v) is 2.64. The number of rotatable bonds is 5. The molecular weight excluding hydrogens is 376 g/mol. The third-order valence-corrected chi connectivity index (χ3v) is 4.00. The third-order valence-electron chi connectivity index (χ3n) is 4.00. The number of nitrogens with zero attached hydrogens (tertiary/aromatic N) is 3. The first-order chi connectivity index (χ1) is 13.2. The molecule has 2 aromatic heterocycles. The van der Waals surface area contributed by atoms with Gasteiger partial charge in [0.25, 0.3) is 5.91 Å². The maximum absolute atomic E-state index is 13.9. The number of aryl methyl sites for hydroxylation is 1. The molecule has 0 spiro atoms. The van der Waals surface area contributed by atoms with E-state index in [0.29, 0.717) is 13.0 Å². The van der Waals surface area contributed by atoms with Crippen molar-refractivity contribution in [2.24, 2.45) is 7.05 Å². The van der Waals surface area contributed by atoms with Crippen LogP contribution in [-0.4, -0.2) is 27.2 Å². The van der Waals surface area contributed by atoms with Gasteiger partial charge in [-0.1, -0.05) is 6.07 Å². The summed E-state index contributed by atoms with van der Waals surface area (Å²) in [5.41, 5.74) is 0.510. The van der Waals surface area contributed by atoms with Gasteiger partial charge in [-0.25, -0.2) is 4.39 Å². The van der Waals surface area contributed by atoms with Crippen LogP contribution in [0.1, 0.15) is 21.6 Å². The Morgan fingerprint density at radius 2 is 1.93 bits per heavy atom. The molecule has 3 aromatic rings. The largest absolute Gasteiger partial charge is 0.433 e. The monoisotopic (exact) mass is 392 g/mol. The molecule has 0 unspecified atom stereocenters. The molecular formula is C19H16F4N4O. The molecule has 0 radical (unpaired) electrons. The molecule has 1 amide bonds. The standard InChI is InChI=1S/C19H16F4N4O/c1-27-11-12(9-26-27)4-5-24-18(28)15-6-14(7-16(20)8-15)13-2-3-17(25-10-13)19(21,22)23/h2-3,6-11H,4-5H2,1H3,(H,24,28). The van der Waals surface area contributed by atoms with Gasteiger partial charge in [-0.15, -0.1) is 0 Å². The van der Waals surface area contributed by atoms with E-state index >= 15 is 0 Å². The molecule has 0 bridgehead atoms. The van der Waals surface area contributed by atoms with Crippen molar-refractivity contribution >= 4 is 5.91 Å². The second-order valence-corrected chi connectivity index (χ2v) is 6.19. The quantitative estimate of drug-likeness (QED) is 0.675. The van der Waals surface area contributed by atoms with Gasteiger partial charge in [0.2, 0.25) is 0 Å². The Kier molecular flexibility index (Phi) is 5.43. The first kappa shape index (κ1) is 19.5. The molecule has 0 fully saturated rings. The second-order valence-electron chi connectivity index (χ2n) is 6.19. The predicted molar refractivity (Wildman–Crippen MR) is 93.9 cm³/mol. The molecule has 0 atom stereocenters. The maximum atomic E-state index is 13.9. The molecule has 1 aromatic carbocycles. The molecule has 28 heavy (non-hydrogen) atoms. The van der Waals surface area contributed by atoms with Crippen LogP contribution in [0, 0.1) is 5.82 Å². The summed E-state index contributed by atoms with van der Waals surface area (Å²) < 4.78 is 53.4. The average molecular weight is 392 g/mol. The van der Waals surface area contributed by atoms with Crippen LogP contribution in [-0.2, 0) is 19.6 Å². The van der Waals surface area contributed by atoms with Gasteiger partial charge < -0.3 is 5.32 Å². The number of pyridine rings is 1. The fourth-order valence-electron chi connectivity index (χ4n) is 2.64. The molecule has 0 saturated carbocycles. The number of aromatic nitrogens is 3. The molecule has 146 valence electrons. The van der Waals surface area contributed by atoms with Crippen molar-refractivity contribution in [3.8, 4) is 11.1 Å². The van der Waals surface area contributed by atoms with Crippen molar-refractivity contribution in [2.75, 3.05) is 6.54 Å². The molecule has 1 N–H and O–H groups in total. The number of benzene rings is 1. The number of hydrogen-bond acceptors (Lipinski definition) is 3. The average Bonchev–Trinajstić information content (AvgIpc) is 3.05. The van der Waals surface area contributed by atoms with Crippen molar-refractivity contribution in [1.82, 2.24) is 20.1 Å². The molecule has 0 aliphatic carbocycles. The van der Waals surface area contributed by atoms with Crippen molar-refractivity contribution in [3.05, 3.63) is 71.6 Å². The highest BCUT2D eigenvalue weighted by atomic mass is 19.4. The van der Waals surface area contributed by atoms with E-state index in [-0.39, 0.29) is 16.7 Å². The summed E-state index contributed by atoms with van der Waals surface area (Å²) in [6, 6.07) is 5.62. The Hall–Kier alpha value is -3.23. The van der Waals surface area contributed by atoms with E-state index in [4.69, 9.17) is 0 Å². The number of alkyl halides is 3. The highest BCUT2D eigenvalue weighted by molar-refractivity contribution is 5.95. The number of nitrogens with one attached hydrogen (secondary N) is 1. The van der Waals surface area contributed by atoms with Crippen molar-refractivity contribution < 1.29 is 22.4 Å². The molecule has 0 aliphatic rings. The van der Waals surface area contributed by atoms with E-state index in [1.54, 1.807) is 17.9 Å². The summed E-state index contributed by atoms with van der Waals surface area (Å²) in [4.78, 5) is 15.7. The van der Waals surface area contributed by atoms with Gasteiger partial charge in [0, 0.05) is 37.1 Å². The lowest BCUT2D eigenvalue weighted by Crippen LogP contribution is -2.25. The molecule has 2 heterocycles. The van der Waals surface area contributed by atoms with Gasteiger partial charge in [-0.3, -0.25) is 14.5 Å². The van der Waals surface area contributed by atoms with Crippen LogP contribution in [0.15, 0.2) is 48.9 Å². The SMILES string of the molecule is Cn1cc(CCNC(=O)c2cc(F)cc(-c3ccc(C(F)(F)F)nc3)c2)cn1. The van der Waals surface area contributed by atoms with E-state index in [1.165, 1.54) is 12.1 Å². The topological polar surface area (TPSA) is 59.8 Å². The molecule has 0 aliphatic heterocycles. The summed E-state index contributed by atoms with van der Waals surface area (Å²) in [5.74, 6) is -1.15. The number of amides is 1. The Labute approximate surface area is 158 Å². The fraction of sp³-hybridized carbons (Fsp3) is 0.211. The maximum Gasteiger partial charge on any atom is 0.433 e. The number of halogens is 4. The lowest BCUT2D eigenvalue weighted by atomic mass is 10.0. The summed E-state index contributed by atoms with van der Waals surface area (Å²) in [7, 11) is 1.78. The Morgan fingerprint density at radius 1 is 1.14 bits per heavy atom. The zero-order valence-corrected chi connectivity index (χ0v) is 14.8. The molecule has 5 nitrogen and oxygen atoms in total. The summed E-state index contributed by atoms with van der Waals surface area (Å²) >= 11 is 0. The van der Waals surface area contributed by atoms with Crippen LogP contribution in [0.25, 0.3) is 11.1 Å². The highest BCUT2D eigenvalue weighted by Crippen LogP contribution is 2.29. The zero-order valence-electron chi connectivity index (χ0n) is 14.8. The van der Waals surface area contributed by atoms with Crippen LogP contribution in [0.2, 0.25) is 0 Å². The van der Waals surface area contributed by atoms with Crippen molar-refractivity contribution in [3.63, 3.8) is 0 Å².